The van der Waals surface area contributed by atoms with Crippen LogP contribution >= 0.6 is 0 Å². The Morgan fingerprint density at radius 3 is 2.50 bits per heavy atom. The zero-order chi connectivity index (χ0) is 25.5. The average molecular weight is 498 g/mol. The SMILES string of the molecule is O=C1CCC(N2C(=O)c3cccc(OCc4cn(CCCCCCCCCO)nn4)c3C2=O)C(=O)N1. The number of carbonyl (C=O) groups is 4. The first-order valence-electron chi connectivity index (χ1n) is 12.5. The van der Waals surface area contributed by atoms with Crippen molar-refractivity contribution in [2.75, 3.05) is 6.61 Å². The number of benzene rings is 1. The summed E-state index contributed by atoms with van der Waals surface area (Å²) in [5.74, 6) is -2.02. The maximum Gasteiger partial charge on any atom is 0.266 e. The number of aryl methyl sites for hydroxylation is 1. The lowest BCUT2D eigenvalue weighted by atomic mass is 10.0. The number of aliphatic hydroxyl groups is 1. The number of amides is 4. The van der Waals surface area contributed by atoms with Crippen molar-refractivity contribution in [3.05, 3.63) is 41.2 Å². The number of imide groups is 2. The number of hydrogen-bond acceptors (Lipinski definition) is 8. The molecular weight excluding hydrogens is 466 g/mol. The third-order valence-electron chi connectivity index (χ3n) is 6.44. The van der Waals surface area contributed by atoms with Crippen LogP contribution in [0.1, 0.15) is 84.2 Å². The second-order valence-corrected chi connectivity index (χ2v) is 9.09. The van der Waals surface area contributed by atoms with Crippen LogP contribution in [0.25, 0.3) is 0 Å². The Morgan fingerprint density at radius 2 is 1.75 bits per heavy atom. The number of ether oxygens (including phenoxy) is 1. The summed E-state index contributed by atoms with van der Waals surface area (Å²) >= 11 is 0. The van der Waals surface area contributed by atoms with Crippen molar-refractivity contribution in [1.82, 2.24) is 25.2 Å². The van der Waals surface area contributed by atoms with Crippen LogP contribution in [-0.2, 0) is 22.7 Å². The van der Waals surface area contributed by atoms with E-state index in [0.29, 0.717) is 5.69 Å². The molecule has 2 aliphatic rings. The van der Waals surface area contributed by atoms with Gasteiger partial charge in [0, 0.05) is 19.6 Å². The third-order valence-corrected chi connectivity index (χ3v) is 6.44. The normalized spacial score (nSPS) is 17.5. The highest BCUT2D eigenvalue weighted by molar-refractivity contribution is 6.24. The number of aliphatic hydroxyl groups excluding tert-OH is 1. The van der Waals surface area contributed by atoms with Crippen LogP contribution in [0.5, 0.6) is 5.75 Å². The molecule has 11 nitrogen and oxygen atoms in total. The van der Waals surface area contributed by atoms with Crippen LogP contribution in [0.4, 0.5) is 0 Å². The molecular formula is C25H31N5O6. The van der Waals surface area contributed by atoms with Gasteiger partial charge in [0.1, 0.15) is 24.1 Å². The lowest BCUT2D eigenvalue weighted by Crippen LogP contribution is -2.54. The molecule has 0 radical (unpaired) electrons. The second-order valence-electron chi connectivity index (χ2n) is 9.09. The first kappa shape index (κ1) is 25.5. The van der Waals surface area contributed by atoms with E-state index < -0.39 is 29.7 Å². The number of piperidine rings is 1. The van der Waals surface area contributed by atoms with E-state index in [1.54, 1.807) is 23.0 Å². The van der Waals surface area contributed by atoms with E-state index in [4.69, 9.17) is 9.84 Å². The van der Waals surface area contributed by atoms with Gasteiger partial charge in [-0.05, 0) is 31.4 Å². The van der Waals surface area contributed by atoms with Crippen molar-refractivity contribution in [3.8, 4) is 5.75 Å². The number of fused-ring (bicyclic) bond motifs is 1. The van der Waals surface area contributed by atoms with Crippen LogP contribution in [-0.4, -0.2) is 61.3 Å². The molecule has 2 N–H and O–H groups in total. The molecule has 0 spiro atoms. The minimum Gasteiger partial charge on any atom is -0.486 e. The van der Waals surface area contributed by atoms with E-state index in [2.05, 4.69) is 15.6 Å². The molecule has 1 aromatic carbocycles. The van der Waals surface area contributed by atoms with Crippen molar-refractivity contribution >= 4 is 23.6 Å². The van der Waals surface area contributed by atoms with Gasteiger partial charge in [-0.15, -0.1) is 5.10 Å². The van der Waals surface area contributed by atoms with Crippen molar-refractivity contribution in [2.45, 2.75) is 77.0 Å². The molecule has 4 rings (SSSR count). The first-order valence-corrected chi connectivity index (χ1v) is 12.5. The second kappa shape index (κ2) is 11.9. The Hall–Kier alpha value is -3.60. The van der Waals surface area contributed by atoms with Crippen LogP contribution in [0.3, 0.4) is 0 Å². The highest BCUT2D eigenvalue weighted by atomic mass is 16.5. The van der Waals surface area contributed by atoms with Crippen LogP contribution < -0.4 is 10.1 Å². The van der Waals surface area contributed by atoms with Crippen molar-refractivity contribution in [2.24, 2.45) is 0 Å². The largest absolute Gasteiger partial charge is 0.486 e. The molecule has 1 atom stereocenters. The van der Waals surface area contributed by atoms with E-state index in [9.17, 15) is 19.2 Å². The fraction of sp³-hybridized carbons (Fsp3) is 0.520. The molecule has 0 saturated carbocycles. The molecule has 4 amide bonds. The molecule has 192 valence electrons. The average Bonchev–Trinajstić information content (AvgIpc) is 3.42. The number of carbonyl (C=O) groups excluding carboxylic acids is 4. The summed E-state index contributed by atoms with van der Waals surface area (Å²) < 4.78 is 7.61. The molecule has 0 aliphatic carbocycles. The van der Waals surface area contributed by atoms with Gasteiger partial charge in [0.05, 0.1) is 17.3 Å². The molecule has 0 bridgehead atoms. The van der Waals surface area contributed by atoms with E-state index in [1.165, 1.54) is 12.5 Å². The van der Waals surface area contributed by atoms with Crippen molar-refractivity contribution < 1.29 is 29.0 Å². The van der Waals surface area contributed by atoms with Crippen LogP contribution in [0.2, 0.25) is 0 Å². The van der Waals surface area contributed by atoms with Gasteiger partial charge in [-0.25, -0.2) is 0 Å². The van der Waals surface area contributed by atoms with E-state index in [-0.39, 0.29) is 42.9 Å². The number of aromatic nitrogens is 3. The third kappa shape index (κ3) is 5.78. The fourth-order valence-electron chi connectivity index (χ4n) is 4.54. The van der Waals surface area contributed by atoms with Gasteiger partial charge in [-0.3, -0.25) is 34.1 Å². The predicted octanol–water partition coefficient (Wildman–Crippen LogP) is 1.98. The van der Waals surface area contributed by atoms with Gasteiger partial charge >= 0.3 is 0 Å². The molecule has 3 heterocycles. The standard InChI is InChI=1S/C25H31N5O6/c31-14-7-5-3-1-2-4-6-13-29-15-17(27-28-29)16-36-20-10-8-9-18-22(20)25(35)30(24(18)34)19-11-12-21(32)26-23(19)33/h8-10,15,19,31H,1-7,11-14,16H2,(H,26,32,33). The minimum absolute atomic E-state index is 0.0630. The molecule has 1 saturated heterocycles. The lowest BCUT2D eigenvalue weighted by molar-refractivity contribution is -0.136. The quantitative estimate of drug-likeness (QED) is 0.316. The number of nitrogens with zero attached hydrogens (tertiary/aromatic N) is 4. The Kier molecular flexibility index (Phi) is 8.42. The van der Waals surface area contributed by atoms with Crippen LogP contribution in [0.15, 0.2) is 24.4 Å². The van der Waals surface area contributed by atoms with Gasteiger partial charge in [0.2, 0.25) is 11.8 Å². The molecule has 1 unspecified atom stereocenters. The van der Waals surface area contributed by atoms with Gasteiger partial charge in [0.25, 0.3) is 11.8 Å². The van der Waals surface area contributed by atoms with Crippen molar-refractivity contribution in [1.29, 1.82) is 0 Å². The fourth-order valence-corrected chi connectivity index (χ4v) is 4.54. The van der Waals surface area contributed by atoms with Gasteiger partial charge in [0.15, 0.2) is 0 Å². The molecule has 1 aromatic heterocycles. The topological polar surface area (TPSA) is 144 Å². The highest BCUT2D eigenvalue weighted by Crippen LogP contribution is 2.33. The van der Waals surface area contributed by atoms with Crippen molar-refractivity contribution in [3.63, 3.8) is 0 Å². The number of rotatable bonds is 13. The number of hydrogen-bond donors (Lipinski definition) is 2. The maximum atomic E-state index is 13.1. The van der Waals surface area contributed by atoms with E-state index >= 15 is 0 Å². The van der Waals surface area contributed by atoms with Crippen LogP contribution in [0, 0.1) is 0 Å². The summed E-state index contributed by atoms with van der Waals surface area (Å²) in [5, 5.41) is 19.2. The first-order chi connectivity index (χ1) is 17.5. The summed E-state index contributed by atoms with van der Waals surface area (Å²) in [4.78, 5) is 50.7. The van der Waals surface area contributed by atoms with E-state index in [0.717, 1.165) is 50.0 Å². The smallest absolute Gasteiger partial charge is 0.266 e. The summed E-state index contributed by atoms with van der Waals surface area (Å²) in [5.41, 5.74) is 0.871. The Morgan fingerprint density at radius 1 is 1.00 bits per heavy atom. The summed E-state index contributed by atoms with van der Waals surface area (Å²) in [6, 6.07) is 3.72. The summed E-state index contributed by atoms with van der Waals surface area (Å²) in [6.45, 7) is 1.08. The zero-order valence-corrected chi connectivity index (χ0v) is 20.1. The molecule has 36 heavy (non-hydrogen) atoms. The molecule has 11 heteroatoms. The highest BCUT2D eigenvalue weighted by Gasteiger charge is 2.46. The van der Waals surface area contributed by atoms with Gasteiger partial charge in [-0.1, -0.05) is 43.4 Å². The number of unbranched alkanes of at least 4 members (excludes halogenated alkanes) is 6. The minimum atomic E-state index is -1.02. The number of nitrogens with one attached hydrogen (secondary N) is 1. The van der Waals surface area contributed by atoms with E-state index in [1.807, 2.05) is 0 Å². The molecule has 2 aromatic rings. The zero-order valence-electron chi connectivity index (χ0n) is 20.1. The van der Waals surface area contributed by atoms with Gasteiger partial charge in [-0.2, -0.15) is 0 Å². The molecule has 1 fully saturated rings. The Balaban J connectivity index is 1.31. The summed E-state index contributed by atoms with van der Waals surface area (Å²) in [7, 11) is 0. The Bertz CT molecular complexity index is 1130. The molecule has 2 aliphatic heterocycles. The summed E-state index contributed by atoms with van der Waals surface area (Å²) in [6.07, 6.45) is 9.45. The monoisotopic (exact) mass is 497 g/mol. The lowest BCUT2D eigenvalue weighted by Gasteiger charge is -2.27. The maximum absolute atomic E-state index is 13.1. The van der Waals surface area contributed by atoms with Gasteiger partial charge < -0.3 is 9.84 Å². The predicted molar refractivity (Wildman–Crippen MR) is 127 cm³/mol. The Labute approximate surface area is 208 Å².